The molecule has 0 aliphatic rings. The van der Waals surface area contributed by atoms with Gasteiger partial charge in [-0.1, -0.05) is 0 Å². The molecule has 3 heterocycles. The zero-order chi connectivity index (χ0) is 14.8. The summed E-state index contributed by atoms with van der Waals surface area (Å²) in [6.45, 7) is 1.92. The normalized spacial score (nSPS) is 10.8. The van der Waals surface area contributed by atoms with Crippen molar-refractivity contribution in [2.75, 3.05) is 0 Å². The van der Waals surface area contributed by atoms with Crippen LogP contribution in [0.25, 0.3) is 11.6 Å². The SMILES string of the molecule is Cc1oc(Cn2nnc(-c3ccco3)n2)cc1C(=O)NN. The highest BCUT2D eigenvalue weighted by molar-refractivity contribution is 5.94. The van der Waals surface area contributed by atoms with Gasteiger partial charge in [0.25, 0.3) is 5.91 Å². The van der Waals surface area contributed by atoms with Crippen molar-refractivity contribution in [1.82, 2.24) is 25.6 Å². The van der Waals surface area contributed by atoms with E-state index in [2.05, 4.69) is 20.8 Å². The number of hydrogen-bond acceptors (Lipinski definition) is 7. The van der Waals surface area contributed by atoms with E-state index in [1.807, 2.05) is 0 Å². The Kier molecular flexibility index (Phi) is 3.24. The molecule has 0 spiro atoms. The Morgan fingerprint density at radius 2 is 2.38 bits per heavy atom. The number of amides is 1. The lowest BCUT2D eigenvalue weighted by Crippen LogP contribution is -2.30. The van der Waals surface area contributed by atoms with Gasteiger partial charge in [-0.15, -0.1) is 10.2 Å². The Bertz CT molecular complexity index is 758. The molecule has 21 heavy (non-hydrogen) atoms. The average Bonchev–Trinajstić information content (AvgIpc) is 3.18. The molecule has 9 heteroatoms. The quantitative estimate of drug-likeness (QED) is 0.406. The number of aryl methyl sites for hydroxylation is 1. The molecule has 0 saturated carbocycles. The van der Waals surface area contributed by atoms with Crippen LogP contribution < -0.4 is 11.3 Å². The van der Waals surface area contributed by atoms with Crippen LogP contribution in [0.1, 0.15) is 21.9 Å². The molecule has 0 radical (unpaired) electrons. The molecule has 0 unspecified atom stereocenters. The fraction of sp³-hybridized carbons (Fsp3) is 0.167. The topological polar surface area (TPSA) is 125 Å². The zero-order valence-electron chi connectivity index (χ0n) is 11.1. The molecule has 1 amide bonds. The first-order valence-electron chi connectivity index (χ1n) is 6.09. The second-order valence-corrected chi connectivity index (χ2v) is 4.28. The van der Waals surface area contributed by atoms with Crippen LogP contribution in [0.4, 0.5) is 0 Å². The summed E-state index contributed by atoms with van der Waals surface area (Å²) in [6.07, 6.45) is 1.53. The number of nitrogens with two attached hydrogens (primary N) is 1. The highest BCUT2D eigenvalue weighted by Crippen LogP contribution is 2.16. The number of nitrogens with one attached hydrogen (secondary N) is 1. The van der Waals surface area contributed by atoms with Crippen molar-refractivity contribution in [3.8, 4) is 11.6 Å². The van der Waals surface area contributed by atoms with E-state index in [0.29, 0.717) is 28.7 Å². The van der Waals surface area contributed by atoms with Crippen molar-refractivity contribution in [3.63, 3.8) is 0 Å². The number of hydrazine groups is 1. The van der Waals surface area contributed by atoms with Crippen LogP contribution >= 0.6 is 0 Å². The third kappa shape index (κ3) is 2.54. The first-order valence-corrected chi connectivity index (χ1v) is 6.09. The van der Waals surface area contributed by atoms with Crippen LogP contribution in [0, 0.1) is 6.92 Å². The van der Waals surface area contributed by atoms with Gasteiger partial charge in [0, 0.05) is 0 Å². The molecular formula is C12H12N6O3. The molecular weight excluding hydrogens is 276 g/mol. The Morgan fingerprint density at radius 1 is 1.52 bits per heavy atom. The largest absolute Gasteiger partial charge is 0.463 e. The fourth-order valence-electron chi connectivity index (χ4n) is 1.88. The molecule has 3 rings (SSSR count). The average molecular weight is 288 g/mol. The Morgan fingerprint density at radius 3 is 3.10 bits per heavy atom. The van der Waals surface area contributed by atoms with Crippen molar-refractivity contribution in [2.24, 2.45) is 5.84 Å². The van der Waals surface area contributed by atoms with Gasteiger partial charge < -0.3 is 8.83 Å². The number of hydrogen-bond donors (Lipinski definition) is 2. The van der Waals surface area contributed by atoms with Crippen molar-refractivity contribution >= 4 is 5.91 Å². The second-order valence-electron chi connectivity index (χ2n) is 4.28. The number of carbonyl (C=O) groups excluding carboxylic acids is 1. The molecule has 3 aromatic rings. The molecule has 0 saturated heterocycles. The lowest BCUT2D eigenvalue weighted by Gasteiger charge is -1.93. The van der Waals surface area contributed by atoms with E-state index in [1.54, 1.807) is 25.1 Å². The van der Waals surface area contributed by atoms with E-state index < -0.39 is 5.91 Å². The van der Waals surface area contributed by atoms with Gasteiger partial charge in [-0.05, 0) is 30.3 Å². The molecule has 3 aromatic heterocycles. The fourth-order valence-corrected chi connectivity index (χ4v) is 1.88. The molecule has 3 N–H and O–H groups in total. The second kappa shape index (κ2) is 5.21. The van der Waals surface area contributed by atoms with E-state index >= 15 is 0 Å². The monoisotopic (exact) mass is 288 g/mol. The van der Waals surface area contributed by atoms with Gasteiger partial charge in [-0.3, -0.25) is 10.2 Å². The third-order valence-corrected chi connectivity index (χ3v) is 2.84. The van der Waals surface area contributed by atoms with E-state index in [1.165, 1.54) is 11.1 Å². The maximum Gasteiger partial charge on any atom is 0.268 e. The van der Waals surface area contributed by atoms with Crippen LogP contribution in [0.2, 0.25) is 0 Å². The summed E-state index contributed by atoms with van der Waals surface area (Å²) in [6, 6.07) is 5.07. The minimum absolute atomic E-state index is 0.242. The zero-order valence-corrected chi connectivity index (χ0v) is 11.1. The maximum absolute atomic E-state index is 11.5. The van der Waals surface area contributed by atoms with Gasteiger partial charge >= 0.3 is 0 Å². The number of carbonyl (C=O) groups is 1. The smallest absolute Gasteiger partial charge is 0.268 e. The van der Waals surface area contributed by atoms with Crippen LogP contribution in [0.5, 0.6) is 0 Å². The lowest BCUT2D eigenvalue weighted by molar-refractivity contribution is 0.0952. The Balaban J connectivity index is 1.80. The number of rotatable bonds is 4. The molecule has 0 aromatic carbocycles. The highest BCUT2D eigenvalue weighted by atomic mass is 16.3. The van der Waals surface area contributed by atoms with Crippen molar-refractivity contribution < 1.29 is 13.6 Å². The lowest BCUT2D eigenvalue weighted by atomic mass is 10.2. The number of nitrogen functional groups attached to an aromatic ring is 1. The summed E-state index contributed by atoms with van der Waals surface area (Å²) in [7, 11) is 0. The molecule has 0 fully saturated rings. The van der Waals surface area contributed by atoms with Crippen LogP contribution in [0.3, 0.4) is 0 Å². The number of aromatic nitrogens is 4. The van der Waals surface area contributed by atoms with Gasteiger partial charge in [0.15, 0.2) is 5.76 Å². The van der Waals surface area contributed by atoms with Gasteiger partial charge in [0.2, 0.25) is 5.82 Å². The standard InChI is InChI=1S/C12H12N6O3/c1-7-9(12(19)14-13)5-8(21-7)6-18-16-11(15-17-18)10-3-2-4-20-10/h2-5H,6,13H2,1H3,(H,14,19). The summed E-state index contributed by atoms with van der Waals surface area (Å²) in [5.74, 6) is 6.59. The summed E-state index contributed by atoms with van der Waals surface area (Å²) in [5.41, 5.74) is 2.43. The third-order valence-electron chi connectivity index (χ3n) is 2.84. The minimum atomic E-state index is -0.412. The summed E-state index contributed by atoms with van der Waals surface area (Å²) in [5, 5.41) is 12.0. The molecule has 0 bridgehead atoms. The number of furan rings is 2. The van der Waals surface area contributed by atoms with Crippen molar-refractivity contribution in [3.05, 3.63) is 41.5 Å². The molecule has 0 atom stereocenters. The van der Waals surface area contributed by atoms with Crippen molar-refractivity contribution in [2.45, 2.75) is 13.5 Å². The van der Waals surface area contributed by atoms with Gasteiger partial charge in [-0.2, -0.15) is 4.80 Å². The molecule has 9 nitrogen and oxygen atoms in total. The number of nitrogens with zero attached hydrogens (tertiary/aromatic N) is 4. The van der Waals surface area contributed by atoms with Crippen LogP contribution in [0.15, 0.2) is 33.3 Å². The predicted octanol–water partition coefficient (Wildman–Crippen LogP) is 0.486. The van der Waals surface area contributed by atoms with Crippen LogP contribution in [-0.2, 0) is 6.54 Å². The van der Waals surface area contributed by atoms with E-state index in [-0.39, 0.29) is 6.54 Å². The van der Waals surface area contributed by atoms with E-state index in [4.69, 9.17) is 14.7 Å². The van der Waals surface area contributed by atoms with Gasteiger partial charge in [0.05, 0.1) is 11.8 Å². The maximum atomic E-state index is 11.5. The summed E-state index contributed by atoms with van der Waals surface area (Å²) in [4.78, 5) is 12.8. The Hall–Kier alpha value is -2.94. The summed E-state index contributed by atoms with van der Waals surface area (Å²) >= 11 is 0. The van der Waals surface area contributed by atoms with Crippen LogP contribution in [-0.4, -0.2) is 26.1 Å². The first kappa shape index (κ1) is 13.1. The molecule has 0 aliphatic carbocycles. The predicted molar refractivity (Wildman–Crippen MR) is 69.7 cm³/mol. The van der Waals surface area contributed by atoms with Gasteiger partial charge in [-0.25, -0.2) is 5.84 Å². The minimum Gasteiger partial charge on any atom is -0.463 e. The first-order chi connectivity index (χ1) is 10.2. The van der Waals surface area contributed by atoms with Gasteiger partial charge in [0.1, 0.15) is 18.1 Å². The highest BCUT2D eigenvalue weighted by Gasteiger charge is 2.15. The summed E-state index contributed by atoms with van der Waals surface area (Å²) < 4.78 is 10.7. The van der Waals surface area contributed by atoms with E-state index in [9.17, 15) is 4.79 Å². The number of tetrazole rings is 1. The van der Waals surface area contributed by atoms with Crippen molar-refractivity contribution in [1.29, 1.82) is 0 Å². The van der Waals surface area contributed by atoms with E-state index in [0.717, 1.165) is 0 Å². The molecule has 108 valence electrons. The Labute approximate surface area is 118 Å². The molecule has 0 aliphatic heterocycles.